The number of nitrogens with one attached hydrogen (secondary N) is 1. The first-order valence-corrected chi connectivity index (χ1v) is 5.90. The average Bonchev–Trinajstić information content (AvgIpc) is 2.38. The lowest BCUT2D eigenvalue weighted by molar-refractivity contribution is -0.145. The lowest BCUT2D eigenvalue weighted by atomic mass is 10.2. The molecular weight excluding hydrogens is 264 g/mol. The number of carboxylic acid groups (broad SMARTS) is 2. The van der Waals surface area contributed by atoms with E-state index in [1.807, 2.05) is 30.3 Å². The van der Waals surface area contributed by atoms with Crippen LogP contribution in [0.3, 0.4) is 0 Å². The number of hydrogen-bond donors (Lipinski definition) is 3. The highest BCUT2D eigenvalue weighted by atomic mass is 16.4. The fourth-order valence-corrected chi connectivity index (χ4v) is 1.56. The van der Waals surface area contributed by atoms with Gasteiger partial charge in [0.1, 0.15) is 6.04 Å². The molecule has 0 spiro atoms. The van der Waals surface area contributed by atoms with E-state index in [9.17, 15) is 14.4 Å². The van der Waals surface area contributed by atoms with E-state index in [2.05, 4.69) is 5.32 Å². The second-order valence-corrected chi connectivity index (χ2v) is 4.28. The molecule has 0 bridgehead atoms. The molecule has 0 saturated carbocycles. The SMILES string of the molecule is CN(Cc1ccccc1)C(=O)N[C@@H](CC(=O)O)C(=O)O. The molecule has 0 aliphatic heterocycles. The Morgan fingerprint density at radius 2 is 1.80 bits per heavy atom. The predicted octanol–water partition coefficient (Wildman–Crippen LogP) is 0.756. The molecule has 0 radical (unpaired) electrons. The van der Waals surface area contributed by atoms with Crippen molar-refractivity contribution in [2.24, 2.45) is 0 Å². The number of aliphatic carboxylic acids is 2. The third kappa shape index (κ3) is 4.97. The number of hydrogen-bond acceptors (Lipinski definition) is 3. The van der Waals surface area contributed by atoms with E-state index < -0.39 is 30.4 Å². The predicted molar refractivity (Wildman–Crippen MR) is 70.1 cm³/mol. The maximum absolute atomic E-state index is 11.8. The minimum atomic E-state index is -1.45. The van der Waals surface area contributed by atoms with Gasteiger partial charge in [-0.3, -0.25) is 4.79 Å². The van der Waals surface area contributed by atoms with Gasteiger partial charge in [-0.05, 0) is 5.56 Å². The summed E-state index contributed by atoms with van der Waals surface area (Å²) in [6.07, 6.45) is -0.666. The van der Waals surface area contributed by atoms with E-state index in [4.69, 9.17) is 10.2 Å². The van der Waals surface area contributed by atoms with Crippen molar-refractivity contribution in [1.29, 1.82) is 0 Å². The van der Waals surface area contributed by atoms with Gasteiger partial charge in [0, 0.05) is 13.6 Å². The number of carbonyl (C=O) groups is 3. The summed E-state index contributed by atoms with van der Waals surface area (Å²) >= 11 is 0. The van der Waals surface area contributed by atoms with Crippen LogP contribution in [-0.4, -0.2) is 46.2 Å². The molecule has 0 aliphatic rings. The van der Waals surface area contributed by atoms with E-state index in [-0.39, 0.29) is 0 Å². The van der Waals surface area contributed by atoms with Crippen molar-refractivity contribution >= 4 is 18.0 Å². The van der Waals surface area contributed by atoms with Gasteiger partial charge in [-0.1, -0.05) is 30.3 Å². The minimum Gasteiger partial charge on any atom is -0.481 e. The Morgan fingerprint density at radius 1 is 1.20 bits per heavy atom. The molecule has 2 amide bonds. The lowest BCUT2D eigenvalue weighted by Gasteiger charge is -2.20. The highest BCUT2D eigenvalue weighted by Gasteiger charge is 2.24. The standard InChI is InChI=1S/C13H16N2O5/c1-15(8-9-5-3-2-4-6-9)13(20)14-10(12(18)19)7-11(16)17/h2-6,10H,7-8H2,1H3,(H,14,20)(H,16,17)(H,18,19)/t10-/m0/s1. The fourth-order valence-electron chi connectivity index (χ4n) is 1.56. The molecule has 0 aliphatic carbocycles. The number of carboxylic acids is 2. The Kier molecular flexibility index (Phi) is 5.52. The Hall–Kier alpha value is -2.57. The molecule has 0 fully saturated rings. The Morgan fingerprint density at radius 3 is 2.30 bits per heavy atom. The molecular formula is C13H16N2O5. The molecule has 3 N–H and O–H groups in total. The Balaban J connectivity index is 2.59. The fraction of sp³-hybridized carbons (Fsp3) is 0.308. The minimum absolute atomic E-state index is 0.298. The van der Waals surface area contributed by atoms with Gasteiger partial charge in [0.05, 0.1) is 6.42 Å². The molecule has 7 nitrogen and oxygen atoms in total. The van der Waals surface area contributed by atoms with Crippen LogP contribution >= 0.6 is 0 Å². The maximum Gasteiger partial charge on any atom is 0.326 e. The Labute approximate surface area is 115 Å². The molecule has 20 heavy (non-hydrogen) atoms. The first kappa shape index (κ1) is 15.5. The number of nitrogens with zero attached hydrogens (tertiary/aromatic N) is 1. The molecule has 0 saturated heterocycles. The quantitative estimate of drug-likeness (QED) is 0.713. The van der Waals surface area contributed by atoms with Crippen LogP contribution < -0.4 is 5.32 Å². The van der Waals surface area contributed by atoms with Crippen LogP contribution in [0.4, 0.5) is 4.79 Å². The second kappa shape index (κ2) is 7.13. The van der Waals surface area contributed by atoms with Crippen LogP contribution in [0.1, 0.15) is 12.0 Å². The summed E-state index contributed by atoms with van der Waals surface area (Å²) in [5.74, 6) is -2.67. The van der Waals surface area contributed by atoms with Crippen LogP contribution in [0.5, 0.6) is 0 Å². The number of rotatable bonds is 6. The van der Waals surface area contributed by atoms with Crippen molar-refractivity contribution in [2.45, 2.75) is 19.0 Å². The van der Waals surface area contributed by atoms with Crippen LogP contribution in [0.2, 0.25) is 0 Å². The second-order valence-electron chi connectivity index (χ2n) is 4.28. The summed E-state index contributed by atoms with van der Waals surface area (Å²) in [6, 6.07) is 7.07. The Bertz CT molecular complexity index is 489. The number of amides is 2. The van der Waals surface area contributed by atoms with Crippen LogP contribution in [-0.2, 0) is 16.1 Å². The summed E-state index contributed by atoms with van der Waals surface area (Å²) in [7, 11) is 1.50. The van der Waals surface area contributed by atoms with E-state index in [0.29, 0.717) is 6.54 Å². The van der Waals surface area contributed by atoms with Crippen molar-refractivity contribution in [2.75, 3.05) is 7.05 Å². The summed E-state index contributed by atoms with van der Waals surface area (Å²) < 4.78 is 0. The van der Waals surface area contributed by atoms with Crippen molar-refractivity contribution in [3.8, 4) is 0 Å². The lowest BCUT2D eigenvalue weighted by Crippen LogP contribution is -2.47. The van der Waals surface area contributed by atoms with Gasteiger partial charge < -0.3 is 20.4 Å². The van der Waals surface area contributed by atoms with Crippen LogP contribution in [0.25, 0.3) is 0 Å². The van der Waals surface area contributed by atoms with Crippen molar-refractivity contribution in [3.63, 3.8) is 0 Å². The zero-order chi connectivity index (χ0) is 15.1. The molecule has 7 heteroatoms. The molecule has 0 unspecified atom stereocenters. The number of carbonyl (C=O) groups excluding carboxylic acids is 1. The van der Waals surface area contributed by atoms with Crippen molar-refractivity contribution in [1.82, 2.24) is 10.2 Å². The smallest absolute Gasteiger partial charge is 0.326 e. The van der Waals surface area contributed by atoms with Gasteiger partial charge >= 0.3 is 18.0 Å². The zero-order valence-electron chi connectivity index (χ0n) is 10.9. The van der Waals surface area contributed by atoms with Gasteiger partial charge in [0.2, 0.25) is 0 Å². The van der Waals surface area contributed by atoms with Gasteiger partial charge in [-0.25, -0.2) is 9.59 Å². The summed E-state index contributed by atoms with van der Waals surface area (Å²) in [4.78, 5) is 34.5. The van der Waals surface area contributed by atoms with E-state index in [0.717, 1.165) is 5.56 Å². The third-order valence-electron chi connectivity index (χ3n) is 2.58. The first-order chi connectivity index (χ1) is 9.40. The first-order valence-electron chi connectivity index (χ1n) is 5.90. The number of benzene rings is 1. The maximum atomic E-state index is 11.8. The number of urea groups is 1. The highest BCUT2D eigenvalue weighted by molar-refractivity contribution is 5.86. The molecule has 1 aromatic rings. The zero-order valence-corrected chi connectivity index (χ0v) is 10.9. The molecule has 0 heterocycles. The summed E-state index contributed by atoms with van der Waals surface area (Å²) in [6.45, 7) is 0.298. The monoisotopic (exact) mass is 280 g/mol. The molecule has 1 aromatic carbocycles. The molecule has 1 rings (SSSR count). The van der Waals surface area contributed by atoms with Crippen LogP contribution in [0, 0.1) is 0 Å². The largest absolute Gasteiger partial charge is 0.481 e. The van der Waals surface area contributed by atoms with Gasteiger partial charge in [0.25, 0.3) is 0 Å². The van der Waals surface area contributed by atoms with Crippen LogP contribution in [0.15, 0.2) is 30.3 Å². The van der Waals surface area contributed by atoms with Gasteiger partial charge in [-0.2, -0.15) is 0 Å². The normalized spacial score (nSPS) is 11.4. The topological polar surface area (TPSA) is 107 Å². The molecule has 1 atom stereocenters. The van der Waals surface area contributed by atoms with E-state index in [1.54, 1.807) is 0 Å². The van der Waals surface area contributed by atoms with Crippen molar-refractivity contribution < 1.29 is 24.6 Å². The third-order valence-corrected chi connectivity index (χ3v) is 2.58. The summed E-state index contributed by atoms with van der Waals surface area (Å²) in [5, 5.41) is 19.6. The summed E-state index contributed by atoms with van der Waals surface area (Å²) in [5.41, 5.74) is 0.884. The molecule has 108 valence electrons. The van der Waals surface area contributed by atoms with E-state index in [1.165, 1.54) is 11.9 Å². The highest BCUT2D eigenvalue weighted by Crippen LogP contribution is 2.03. The molecule has 0 aromatic heterocycles. The average molecular weight is 280 g/mol. The van der Waals surface area contributed by atoms with Crippen molar-refractivity contribution in [3.05, 3.63) is 35.9 Å². The van der Waals surface area contributed by atoms with E-state index >= 15 is 0 Å². The van der Waals surface area contributed by atoms with Gasteiger partial charge in [-0.15, -0.1) is 0 Å². The van der Waals surface area contributed by atoms with Gasteiger partial charge in [0.15, 0.2) is 0 Å².